The van der Waals surface area contributed by atoms with E-state index in [4.69, 9.17) is 4.74 Å². The van der Waals surface area contributed by atoms with E-state index >= 15 is 0 Å². The average molecular weight is 233 g/mol. The number of unbranched alkanes of at least 4 members (excludes halogenated alkanes) is 1. The Balaban J connectivity index is 2.23. The van der Waals surface area contributed by atoms with Crippen LogP contribution in [0.3, 0.4) is 0 Å². The molecule has 0 saturated carbocycles. The monoisotopic (exact) mass is 233 g/mol. The minimum atomic E-state index is -0.780. The van der Waals surface area contributed by atoms with Gasteiger partial charge in [0.1, 0.15) is 5.75 Å². The van der Waals surface area contributed by atoms with Gasteiger partial charge in [0.05, 0.1) is 5.69 Å². The predicted octanol–water partition coefficient (Wildman–Crippen LogP) is 3.14. The number of fused-ring (bicyclic) bond motifs is 1. The average Bonchev–Trinajstić information content (AvgIpc) is 2.27. The fourth-order valence-corrected chi connectivity index (χ4v) is 1.89. The summed E-state index contributed by atoms with van der Waals surface area (Å²) in [5.74, 6) is 0.674. The largest absolute Gasteiger partial charge is 0.476 e. The van der Waals surface area contributed by atoms with Crippen molar-refractivity contribution in [2.45, 2.75) is 45.6 Å². The lowest BCUT2D eigenvalue weighted by molar-refractivity contribution is -0.129. The van der Waals surface area contributed by atoms with Gasteiger partial charge in [-0.25, -0.2) is 0 Å². The van der Waals surface area contributed by atoms with Crippen LogP contribution in [-0.4, -0.2) is 11.5 Å². The van der Waals surface area contributed by atoms with E-state index < -0.39 is 5.60 Å². The first-order valence-electron chi connectivity index (χ1n) is 6.16. The Labute approximate surface area is 102 Å². The number of ether oxygens (including phenoxy) is 1. The van der Waals surface area contributed by atoms with E-state index in [1.807, 2.05) is 12.1 Å². The molecule has 0 unspecified atom stereocenters. The Bertz CT molecular complexity index is 438. The summed E-state index contributed by atoms with van der Waals surface area (Å²) in [5.41, 5.74) is 1.26. The number of benzene rings is 1. The molecule has 1 amide bonds. The van der Waals surface area contributed by atoms with Crippen molar-refractivity contribution in [3.8, 4) is 5.75 Å². The van der Waals surface area contributed by atoms with Gasteiger partial charge in [-0.05, 0) is 44.4 Å². The van der Waals surface area contributed by atoms with E-state index in [-0.39, 0.29) is 5.91 Å². The summed E-state index contributed by atoms with van der Waals surface area (Å²) >= 11 is 0. The third-order valence-corrected chi connectivity index (χ3v) is 3.02. The van der Waals surface area contributed by atoms with Crippen molar-refractivity contribution in [3.63, 3.8) is 0 Å². The molecule has 3 heteroatoms. The number of carbonyl (C=O) groups excluding carboxylic acids is 1. The number of anilines is 1. The molecule has 1 aromatic rings. The second kappa shape index (κ2) is 4.40. The Hall–Kier alpha value is -1.51. The van der Waals surface area contributed by atoms with Crippen LogP contribution in [0.15, 0.2) is 18.2 Å². The van der Waals surface area contributed by atoms with Crippen LogP contribution in [0, 0.1) is 0 Å². The first-order valence-corrected chi connectivity index (χ1v) is 6.16. The van der Waals surface area contributed by atoms with Gasteiger partial charge in [0.15, 0.2) is 5.60 Å². The molecule has 0 bridgehead atoms. The standard InChI is InChI=1S/C14H19NO2/c1-4-5-6-10-7-8-12-11(9-10)15-13(16)14(2,3)17-12/h7-9H,4-6H2,1-3H3,(H,15,16). The van der Waals surface area contributed by atoms with Crippen LogP contribution in [0.1, 0.15) is 39.2 Å². The SMILES string of the molecule is CCCCc1ccc2c(c1)NC(=O)C(C)(C)O2. The van der Waals surface area contributed by atoms with Gasteiger partial charge in [0.25, 0.3) is 5.91 Å². The van der Waals surface area contributed by atoms with Crippen LogP contribution in [0.25, 0.3) is 0 Å². The lowest BCUT2D eigenvalue weighted by Gasteiger charge is -2.31. The molecule has 0 aliphatic carbocycles. The van der Waals surface area contributed by atoms with E-state index in [0.717, 1.165) is 17.9 Å². The fraction of sp³-hybridized carbons (Fsp3) is 0.500. The summed E-state index contributed by atoms with van der Waals surface area (Å²) in [6.45, 7) is 5.72. The van der Waals surface area contributed by atoms with Crippen molar-refractivity contribution in [2.24, 2.45) is 0 Å². The molecule has 1 aliphatic heterocycles. The molecule has 92 valence electrons. The lowest BCUT2D eigenvalue weighted by atomic mass is 10.0. The third kappa shape index (κ3) is 2.43. The van der Waals surface area contributed by atoms with Crippen molar-refractivity contribution < 1.29 is 9.53 Å². The zero-order valence-electron chi connectivity index (χ0n) is 10.7. The van der Waals surface area contributed by atoms with Gasteiger partial charge in [-0.2, -0.15) is 0 Å². The van der Waals surface area contributed by atoms with E-state index in [1.54, 1.807) is 13.8 Å². The molecule has 0 radical (unpaired) electrons. The van der Waals surface area contributed by atoms with Crippen molar-refractivity contribution in [1.82, 2.24) is 0 Å². The Morgan fingerprint density at radius 1 is 1.35 bits per heavy atom. The van der Waals surface area contributed by atoms with Crippen molar-refractivity contribution in [3.05, 3.63) is 23.8 Å². The molecule has 0 fully saturated rings. The minimum Gasteiger partial charge on any atom is -0.476 e. The summed E-state index contributed by atoms with van der Waals surface area (Å²) in [7, 11) is 0. The number of hydrogen-bond donors (Lipinski definition) is 1. The number of nitrogens with one attached hydrogen (secondary N) is 1. The van der Waals surface area contributed by atoms with E-state index in [1.165, 1.54) is 18.4 Å². The molecule has 2 rings (SSSR count). The molecule has 1 aromatic carbocycles. The minimum absolute atomic E-state index is 0.0855. The van der Waals surface area contributed by atoms with Gasteiger partial charge in [0, 0.05) is 0 Å². The molecule has 1 heterocycles. The summed E-state index contributed by atoms with van der Waals surface area (Å²) in [5, 5.41) is 2.90. The molecular weight excluding hydrogens is 214 g/mol. The second-order valence-electron chi connectivity index (χ2n) is 5.00. The number of hydrogen-bond acceptors (Lipinski definition) is 2. The van der Waals surface area contributed by atoms with E-state index in [9.17, 15) is 4.79 Å². The van der Waals surface area contributed by atoms with Crippen molar-refractivity contribution >= 4 is 11.6 Å². The van der Waals surface area contributed by atoms with Gasteiger partial charge in [-0.3, -0.25) is 4.79 Å². The number of aryl methyl sites for hydroxylation is 1. The first-order chi connectivity index (χ1) is 8.03. The van der Waals surface area contributed by atoms with Crippen molar-refractivity contribution in [1.29, 1.82) is 0 Å². The van der Waals surface area contributed by atoms with Crippen LogP contribution < -0.4 is 10.1 Å². The van der Waals surface area contributed by atoms with Crippen LogP contribution in [0.5, 0.6) is 5.75 Å². The Morgan fingerprint density at radius 3 is 2.82 bits per heavy atom. The maximum absolute atomic E-state index is 11.8. The summed E-state index contributed by atoms with van der Waals surface area (Å²) in [6, 6.07) is 6.03. The fourth-order valence-electron chi connectivity index (χ4n) is 1.89. The highest BCUT2D eigenvalue weighted by molar-refractivity contribution is 6.00. The molecule has 1 N–H and O–H groups in total. The molecule has 17 heavy (non-hydrogen) atoms. The molecule has 0 spiro atoms. The normalized spacial score (nSPS) is 17.0. The summed E-state index contributed by atoms with van der Waals surface area (Å²) < 4.78 is 5.68. The number of carbonyl (C=O) groups is 1. The molecule has 3 nitrogen and oxygen atoms in total. The van der Waals surface area contributed by atoms with Gasteiger partial charge in [0.2, 0.25) is 0 Å². The van der Waals surface area contributed by atoms with Gasteiger partial charge in [-0.1, -0.05) is 19.4 Å². The molecule has 0 aromatic heterocycles. The van der Waals surface area contributed by atoms with Crippen LogP contribution in [0.4, 0.5) is 5.69 Å². The molecule has 0 atom stereocenters. The van der Waals surface area contributed by atoms with Crippen LogP contribution in [0.2, 0.25) is 0 Å². The topological polar surface area (TPSA) is 38.3 Å². The van der Waals surface area contributed by atoms with Crippen LogP contribution in [-0.2, 0) is 11.2 Å². The predicted molar refractivity (Wildman–Crippen MR) is 68.4 cm³/mol. The Kier molecular flexibility index (Phi) is 3.09. The molecular formula is C14H19NO2. The number of rotatable bonds is 3. The maximum Gasteiger partial charge on any atom is 0.268 e. The third-order valence-electron chi connectivity index (χ3n) is 3.02. The first kappa shape index (κ1) is 12.0. The second-order valence-corrected chi connectivity index (χ2v) is 5.00. The van der Waals surface area contributed by atoms with Gasteiger partial charge >= 0.3 is 0 Å². The number of amides is 1. The quantitative estimate of drug-likeness (QED) is 0.871. The Morgan fingerprint density at radius 2 is 2.12 bits per heavy atom. The van der Waals surface area contributed by atoms with Crippen LogP contribution >= 0.6 is 0 Å². The lowest BCUT2D eigenvalue weighted by Crippen LogP contribution is -2.45. The molecule has 0 saturated heterocycles. The highest BCUT2D eigenvalue weighted by Crippen LogP contribution is 2.34. The summed E-state index contributed by atoms with van der Waals surface area (Å²) in [4.78, 5) is 11.8. The molecule has 1 aliphatic rings. The van der Waals surface area contributed by atoms with Crippen molar-refractivity contribution in [2.75, 3.05) is 5.32 Å². The zero-order valence-corrected chi connectivity index (χ0v) is 10.7. The highest BCUT2D eigenvalue weighted by Gasteiger charge is 2.35. The van der Waals surface area contributed by atoms with Gasteiger partial charge < -0.3 is 10.1 Å². The maximum atomic E-state index is 11.8. The highest BCUT2D eigenvalue weighted by atomic mass is 16.5. The van der Waals surface area contributed by atoms with Gasteiger partial charge in [-0.15, -0.1) is 0 Å². The van der Waals surface area contributed by atoms with E-state index in [0.29, 0.717) is 0 Å². The zero-order chi connectivity index (χ0) is 12.5. The summed E-state index contributed by atoms with van der Waals surface area (Å²) in [6.07, 6.45) is 3.38. The van der Waals surface area contributed by atoms with E-state index in [2.05, 4.69) is 18.3 Å². The smallest absolute Gasteiger partial charge is 0.268 e.